The van der Waals surface area contributed by atoms with Crippen LogP contribution in [0.15, 0.2) is 17.3 Å². The number of nitrogens with zero attached hydrogens (tertiary/aromatic N) is 3. The first-order chi connectivity index (χ1) is 8.74. The standard InChI is InChI=1S/C13H23N5/c1-18-10-8-12(17-18)7-9-15-13(14)16-11-5-3-2-4-6-11/h8,10-11H,2-7,9H2,1H3,(H3,14,15,16). The number of hydrogen-bond donors (Lipinski definition) is 2. The number of hydrogen-bond acceptors (Lipinski definition) is 2. The Kier molecular flexibility index (Phi) is 4.61. The maximum Gasteiger partial charge on any atom is 0.188 e. The highest BCUT2D eigenvalue weighted by Crippen LogP contribution is 2.16. The van der Waals surface area contributed by atoms with Gasteiger partial charge in [0.05, 0.1) is 5.69 Å². The summed E-state index contributed by atoms with van der Waals surface area (Å²) in [7, 11) is 1.92. The second-order valence-electron chi connectivity index (χ2n) is 4.98. The average molecular weight is 249 g/mol. The molecule has 5 nitrogen and oxygen atoms in total. The molecule has 0 spiro atoms. The molecule has 0 bridgehead atoms. The van der Waals surface area contributed by atoms with E-state index < -0.39 is 0 Å². The van der Waals surface area contributed by atoms with Gasteiger partial charge in [0, 0.05) is 32.3 Å². The Labute approximate surface area is 108 Å². The highest BCUT2D eigenvalue weighted by atomic mass is 15.2. The van der Waals surface area contributed by atoms with Gasteiger partial charge in [-0.05, 0) is 18.9 Å². The van der Waals surface area contributed by atoms with Crippen LogP contribution in [0, 0.1) is 0 Å². The molecular formula is C13H23N5. The van der Waals surface area contributed by atoms with Crippen LogP contribution in [0.25, 0.3) is 0 Å². The summed E-state index contributed by atoms with van der Waals surface area (Å²) in [6, 6.07) is 2.54. The van der Waals surface area contributed by atoms with Crippen LogP contribution in [0.3, 0.4) is 0 Å². The van der Waals surface area contributed by atoms with Gasteiger partial charge in [0.1, 0.15) is 0 Å². The lowest BCUT2D eigenvalue weighted by atomic mass is 9.96. The molecule has 1 saturated carbocycles. The number of rotatable bonds is 4. The van der Waals surface area contributed by atoms with Gasteiger partial charge < -0.3 is 11.1 Å². The van der Waals surface area contributed by atoms with E-state index in [4.69, 9.17) is 5.73 Å². The molecule has 0 saturated heterocycles. The van der Waals surface area contributed by atoms with E-state index in [2.05, 4.69) is 15.4 Å². The first-order valence-electron chi connectivity index (χ1n) is 6.79. The molecule has 100 valence electrons. The van der Waals surface area contributed by atoms with Gasteiger partial charge in [0.15, 0.2) is 5.96 Å². The Balaban J connectivity index is 1.71. The van der Waals surface area contributed by atoms with Crippen molar-refractivity contribution in [2.24, 2.45) is 17.8 Å². The largest absolute Gasteiger partial charge is 0.370 e. The second-order valence-corrected chi connectivity index (χ2v) is 4.98. The SMILES string of the molecule is Cn1ccc(CCN=C(N)NC2CCCCC2)n1. The lowest BCUT2D eigenvalue weighted by Crippen LogP contribution is -2.41. The fourth-order valence-corrected chi connectivity index (χ4v) is 2.39. The predicted molar refractivity (Wildman–Crippen MR) is 73.4 cm³/mol. The predicted octanol–water partition coefficient (Wildman–Crippen LogP) is 1.20. The van der Waals surface area contributed by atoms with Crippen LogP contribution < -0.4 is 11.1 Å². The molecule has 18 heavy (non-hydrogen) atoms. The van der Waals surface area contributed by atoms with E-state index in [9.17, 15) is 0 Å². The van der Waals surface area contributed by atoms with Crippen molar-refractivity contribution in [2.45, 2.75) is 44.6 Å². The normalized spacial score (nSPS) is 17.9. The van der Waals surface area contributed by atoms with Gasteiger partial charge in [0.25, 0.3) is 0 Å². The van der Waals surface area contributed by atoms with Crippen LogP contribution in [0.5, 0.6) is 0 Å². The van der Waals surface area contributed by atoms with Gasteiger partial charge >= 0.3 is 0 Å². The van der Waals surface area contributed by atoms with Gasteiger partial charge in [-0.25, -0.2) is 0 Å². The Hall–Kier alpha value is -1.52. The topological polar surface area (TPSA) is 68.2 Å². The summed E-state index contributed by atoms with van der Waals surface area (Å²) in [5, 5.41) is 7.62. The first kappa shape index (κ1) is 12.9. The van der Waals surface area contributed by atoms with Crippen molar-refractivity contribution in [1.82, 2.24) is 15.1 Å². The summed E-state index contributed by atoms with van der Waals surface area (Å²) in [5.41, 5.74) is 6.95. The van der Waals surface area contributed by atoms with Crippen LogP contribution in [-0.2, 0) is 13.5 Å². The lowest BCUT2D eigenvalue weighted by Gasteiger charge is -2.23. The Morgan fingerprint density at radius 2 is 2.28 bits per heavy atom. The van der Waals surface area contributed by atoms with Crippen LogP contribution in [-0.4, -0.2) is 28.3 Å². The molecule has 0 aliphatic heterocycles. The third-order valence-corrected chi connectivity index (χ3v) is 3.38. The molecule has 1 heterocycles. The van der Waals surface area contributed by atoms with E-state index in [-0.39, 0.29) is 0 Å². The number of nitrogens with two attached hydrogens (primary N) is 1. The van der Waals surface area contributed by atoms with E-state index in [1.54, 1.807) is 0 Å². The van der Waals surface area contributed by atoms with Gasteiger partial charge in [-0.2, -0.15) is 5.10 Å². The number of guanidine groups is 1. The monoisotopic (exact) mass is 249 g/mol. The minimum Gasteiger partial charge on any atom is -0.370 e. The van der Waals surface area contributed by atoms with Crippen molar-refractivity contribution in [1.29, 1.82) is 0 Å². The van der Waals surface area contributed by atoms with Crippen LogP contribution in [0.2, 0.25) is 0 Å². The fourth-order valence-electron chi connectivity index (χ4n) is 2.39. The molecule has 1 aliphatic carbocycles. The van der Waals surface area contributed by atoms with E-state index in [1.807, 2.05) is 24.0 Å². The molecule has 1 aromatic heterocycles. The number of aryl methyl sites for hydroxylation is 1. The third-order valence-electron chi connectivity index (χ3n) is 3.38. The maximum atomic E-state index is 5.89. The quantitative estimate of drug-likeness (QED) is 0.622. The molecule has 1 aromatic rings. The summed E-state index contributed by atoms with van der Waals surface area (Å²) in [4.78, 5) is 4.36. The number of aliphatic imine (C=N–C) groups is 1. The highest BCUT2D eigenvalue weighted by Gasteiger charge is 2.13. The summed E-state index contributed by atoms with van der Waals surface area (Å²) in [6.45, 7) is 0.697. The Morgan fingerprint density at radius 3 is 2.94 bits per heavy atom. The van der Waals surface area contributed by atoms with Crippen LogP contribution in [0.1, 0.15) is 37.8 Å². The first-order valence-corrected chi connectivity index (χ1v) is 6.79. The van der Waals surface area contributed by atoms with Crippen molar-refractivity contribution in [3.63, 3.8) is 0 Å². The summed E-state index contributed by atoms with van der Waals surface area (Å²) in [5.74, 6) is 0.581. The molecule has 0 aromatic carbocycles. The summed E-state index contributed by atoms with van der Waals surface area (Å²) >= 11 is 0. The van der Waals surface area contributed by atoms with Crippen molar-refractivity contribution < 1.29 is 0 Å². The van der Waals surface area contributed by atoms with Crippen molar-refractivity contribution >= 4 is 5.96 Å². The van der Waals surface area contributed by atoms with Crippen LogP contribution >= 0.6 is 0 Å². The fraction of sp³-hybridized carbons (Fsp3) is 0.692. The van der Waals surface area contributed by atoms with Crippen LogP contribution in [0.4, 0.5) is 0 Å². The van der Waals surface area contributed by atoms with E-state index >= 15 is 0 Å². The van der Waals surface area contributed by atoms with Gasteiger partial charge in [0.2, 0.25) is 0 Å². The zero-order chi connectivity index (χ0) is 12.8. The minimum atomic E-state index is 0.525. The third kappa shape index (κ3) is 4.05. The molecule has 1 fully saturated rings. The minimum absolute atomic E-state index is 0.525. The Morgan fingerprint density at radius 1 is 1.50 bits per heavy atom. The molecule has 5 heteroatoms. The number of aromatic nitrogens is 2. The summed E-state index contributed by atoms with van der Waals surface area (Å²) < 4.78 is 1.81. The molecule has 0 unspecified atom stereocenters. The molecule has 0 radical (unpaired) electrons. The molecule has 3 N–H and O–H groups in total. The van der Waals surface area contributed by atoms with Crippen molar-refractivity contribution in [2.75, 3.05) is 6.54 Å². The zero-order valence-electron chi connectivity index (χ0n) is 11.1. The summed E-state index contributed by atoms with van der Waals surface area (Å²) in [6.07, 6.45) is 9.19. The average Bonchev–Trinajstić information content (AvgIpc) is 2.76. The highest BCUT2D eigenvalue weighted by molar-refractivity contribution is 5.78. The maximum absolute atomic E-state index is 5.89. The smallest absolute Gasteiger partial charge is 0.188 e. The molecule has 2 rings (SSSR count). The Bertz CT molecular complexity index is 390. The molecule has 0 atom stereocenters. The van der Waals surface area contributed by atoms with Gasteiger partial charge in [-0.15, -0.1) is 0 Å². The van der Waals surface area contributed by atoms with Gasteiger partial charge in [-0.1, -0.05) is 19.3 Å². The number of nitrogens with one attached hydrogen (secondary N) is 1. The molecule has 1 aliphatic rings. The zero-order valence-corrected chi connectivity index (χ0v) is 11.1. The van der Waals surface area contributed by atoms with E-state index in [0.29, 0.717) is 18.5 Å². The lowest BCUT2D eigenvalue weighted by molar-refractivity contribution is 0.412. The van der Waals surface area contributed by atoms with Crippen molar-refractivity contribution in [3.8, 4) is 0 Å². The second kappa shape index (κ2) is 6.42. The molecule has 0 amide bonds. The molecular weight excluding hydrogens is 226 g/mol. The van der Waals surface area contributed by atoms with Gasteiger partial charge in [-0.3, -0.25) is 9.67 Å². The van der Waals surface area contributed by atoms with E-state index in [0.717, 1.165) is 12.1 Å². The van der Waals surface area contributed by atoms with Crippen molar-refractivity contribution in [3.05, 3.63) is 18.0 Å². The van der Waals surface area contributed by atoms with E-state index in [1.165, 1.54) is 32.1 Å².